The molecule has 0 atom stereocenters. The number of fused-ring (bicyclic) bond motifs is 1. The van der Waals surface area contributed by atoms with Crippen molar-refractivity contribution in [2.45, 2.75) is 6.92 Å². The Kier molecular flexibility index (Phi) is 4.47. The van der Waals surface area contributed by atoms with E-state index in [1.165, 1.54) is 11.3 Å². The molecule has 0 radical (unpaired) electrons. The van der Waals surface area contributed by atoms with Crippen LogP contribution < -0.4 is 10.9 Å². The number of hydrogen-bond donors (Lipinski definition) is 2. The van der Waals surface area contributed by atoms with Crippen LogP contribution in [0, 0.1) is 6.92 Å². The molecule has 0 aliphatic carbocycles. The Bertz CT molecular complexity index is 1210. The molecule has 1 amide bonds. The topological polar surface area (TPSA) is 87.7 Å². The molecule has 0 aliphatic rings. The quantitative estimate of drug-likeness (QED) is 0.541. The number of aromatic nitrogens is 3. The monoisotopic (exact) mass is 396 g/mol. The molecule has 4 rings (SSSR count). The maximum Gasteiger partial charge on any atom is 0.278 e. The summed E-state index contributed by atoms with van der Waals surface area (Å²) in [6.07, 6.45) is 0. The molecule has 0 saturated heterocycles. The van der Waals surface area contributed by atoms with E-state index in [1.807, 2.05) is 19.1 Å². The number of amides is 1. The van der Waals surface area contributed by atoms with Crippen molar-refractivity contribution in [2.75, 3.05) is 5.32 Å². The van der Waals surface area contributed by atoms with E-state index in [2.05, 4.69) is 20.5 Å². The van der Waals surface area contributed by atoms with E-state index in [1.54, 1.807) is 36.4 Å². The van der Waals surface area contributed by atoms with Crippen LogP contribution in [0.2, 0.25) is 5.02 Å². The summed E-state index contributed by atoms with van der Waals surface area (Å²) in [6, 6.07) is 14.2. The summed E-state index contributed by atoms with van der Waals surface area (Å²) in [5.74, 6) is -0.432. The van der Waals surface area contributed by atoms with Gasteiger partial charge in [0, 0.05) is 20.8 Å². The zero-order chi connectivity index (χ0) is 19.0. The number of aryl methyl sites for hydroxylation is 1. The lowest BCUT2D eigenvalue weighted by Gasteiger charge is -2.04. The summed E-state index contributed by atoms with van der Waals surface area (Å²) in [7, 11) is 0. The van der Waals surface area contributed by atoms with Gasteiger partial charge in [0.25, 0.3) is 11.5 Å². The number of nitrogens with one attached hydrogen (secondary N) is 2. The van der Waals surface area contributed by atoms with Gasteiger partial charge in [0.15, 0.2) is 10.8 Å². The summed E-state index contributed by atoms with van der Waals surface area (Å²) in [5.41, 5.74) is 1.51. The van der Waals surface area contributed by atoms with Gasteiger partial charge in [-0.25, -0.2) is 10.1 Å². The SMILES string of the molecule is Cc1sc(NC(=O)c2n[nH]c(=O)c3ccccc23)nc1-c1ccc(Cl)cc1. The summed E-state index contributed by atoms with van der Waals surface area (Å²) in [4.78, 5) is 30.0. The minimum atomic E-state index is -0.432. The van der Waals surface area contributed by atoms with E-state index in [4.69, 9.17) is 11.6 Å². The number of carbonyl (C=O) groups excluding carboxylic acids is 1. The van der Waals surface area contributed by atoms with Gasteiger partial charge in [0.05, 0.1) is 11.1 Å². The third kappa shape index (κ3) is 3.34. The Morgan fingerprint density at radius 2 is 1.81 bits per heavy atom. The van der Waals surface area contributed by atoms with Crippen LogP contribution in [0.4, 0.5) is 5.13 Å². The molecule has 0 fully saturated rings. The highest BCUT2D eigenvalue weighted by Crippen LogP contribution is 2.31. The maximum absolute atomic E-state index is 12.7. The van der Waals surface area contributed by atoms with E-state index in [0.717, 1.165) is 16.1 Å². The van der Waals surface area contributed by atoms with Crippen LogP contribution >= 0.6 is 22.9 Å². The molecule has 27 heavy (non-hydrogen) atoms. The predicted molar refractivity (Wildman–Crippen MR) is 108 cm³/mol. The summed E-state index contributed by atoms with van der Waals surface area (Å²) in [6.45, 7) is 1.94. The number of rotatable bonds is 3. The van der Waals surface area contributed by atoms with Crippen LogP contribution in [0.15, 0.2) is 53.3 Å². The second-order valence-corrected chi connectivity index (χ2v) is 7.47. The molecule has 4 aromatic rings. The highest BCUT2D eigenvalue weighted by molar-refractivity contribution is 7.16. The highest BCUT2D eigenvalue weighted by Gasteiger charge is 2.17. The zero-order valence-corrected chi connectivity index (χ0v) is 15.7. The predicted octanol–water partition coefficient (Wildman–Crippen LogP) is 4.26. The van der Waals surface area contributed by atoms with Gasteiger partial charge in [-0.05, 0) is 25.1 Å². The van der Waals surface area contributed by atoms with Crippen molar-refractivity contribution in [3.05, 3.63) is 74.5 Å². The second kappa shape index (κ2) is 6.94. The molecule has 2 aromatic heterocycles. The van der Waals surface area contributed by atoms with E-state index in [0.29, 0.717) is 20.9 Å². The molecular formula is C19H13ClN4O2S. The number of halogens is 1. The first-order valence-corrected chi connectivity index (χ1v) is 9.24. The van der Waals surface area contributed by atoms with Crippen molar-refractivity contribution in [3.63, 3.8) is 0 Å². The molecule has 0 bridgehead atoms. The smallest absolute Gasteiger partial charge is 0.278 e. The van der Waals surface area contributed by atoms with Gasteiger partial charge in [-0.15, -0.1) is 11.3 Å². The lowest BCUT2D eigenvalue weighted by molar-refractivity contribution is 0.102. The molecule has 134 valence electrons. The number of carbonyl (C=O) groups is 1. The van der Waals surface area contributed by atoms with Crippen molar-refractivity contribution < 1.29 is 4.79 Å². The third-order valence-corrected chi connectivity index (χ3v) is 5.18. The molecular weight excluding hydrogens is 384 g/mol. The van der Waals surface area contributed by atoms with Gasteiger partial charge in [0.2, 0.25) is 0 Å². The molecule has 0 aliphatic heterocycles. The maximum atomic E-state index is 12.7. The summed E-state index contributed by atoms with van der Waals surface area (Å²) >= 11 is 7.30. The minimum Gasteiger partial charge on any atom is -0.296 e. The first-order valence-electron chi connectivity index (χ1n) is 8.05. The molecule has 0 unspecified atom stereocenters. The zero-order valence-electron chi connectivity index (χ0n) is 14.1. The van der Waals surface area contributed by atoms with Gasteiger partial charge in [-0.2, -0.15) is 5.10 Å². The number of aromatic amines is 1. The molecule has 8 heteroatoms. The average Bonchev–Trinajstić information content (AvgIpc) is 3.03. The normalized spacial score (nSPS) is 10.9. The van der Waals surface area contributed by atoms with Gasteiger partial charge in [0.1, 0.15) is 0 Å². The second-order valence-electron chi connectivity index (χ2n) is 5.83. The van der Waals surface area contributed by atoms with Gasteiger partial charge >= 0.3 is 0 Å². The van der Waals surface area contributed by atoms with Gasteiger partial charge in [-0.1, -0.05) is 41.9 Å². The number of benzene rings is 2. The van der Waals surface area contributed by atoms with E-state index < -0.39 is 5.91 Å². The minimum absolute atomic E-state index is 0.145. The van der Waals surface area contributed by atoms with Crippen molar-refractivity contribution >= 4 is 44.7 Å². The Balaban J connectivity index is 1.67. The molecule has 6 nitrogen and oxygen atoms in total. The average molecular weight is 397 g/mol. The Morgan fingerprint density at radius 1 is 1.11 bits per heavy atom. The van der Waals surface area contributed by atoms with Crippen LogP contribution in [-0.2, 0) is 0 Å². The van der Waals surface area contributed by atoms with Gasteiger partial charge < -0.3 is 0 Å². The molecule has 0 saturated carbocycles. The molecule has 0 spiro atoms. The van der Waals surface area contributed by atoms with Crippen molar-refractivity contribution in [2.24, 2.45) is 0 Å². The van der Waals surface area contributed by atoms with E-state index >= 15 is 0 Å². The Morgan fingerprint density at radius 3 is 2.56 bits per heavy atom. The fourth-order valence-corrected chi connectivity index (χ4v) is 3.73. The molecule has 2 aromatic carbocycles. The first kappa shape index (κ1) is 17.4. The Labute approximate surface area is 162 Å². The standard InChI is InChI=1S/C19H13ClN4O2S/c1-10-15(11-6-8-12(20)9-7-11)21-19(27-10)22-18(26)16-13-4-2-3-5-14(13)17(25)24-23-16/h2-9H,1H3,(H,24,25)(H,21,22,26). The van der Waals surface area contributed by atoms with Crippen molar-refractivity contribution in [1.29, 1.82) is 0 Å². The van der Waals surface area contributed by atoms with Gasteiger partial charge in [-0.3, -0.25) is 14.9 Å². The number of thiazole rings is 1. The lowest BCUT2D eigenvalue weighted by atomic mass is 10.1. The van der Waals surface area contributed by atoms with E-state index in [-0.39, 0.29) is 11.3 Å². The lowest BCUT2D eigenvalue weighted by Crippen LogP contribution is -2.19. The van der Waals surface area contributed by atoms with Crippen LogP contribution in [0.5, 0.6) is 0 Å². The highest BCUT2D eigenvalue weighted by atomic mass is 35.5. The number of anilines is 1. The molecule has 2 N–H and O–H groups in total. The Hall–Kier alpha value is -3.03. The van der Waals surface area contributed by atoms with Crippen molar-refractivity contribution in [1.82, 2.24) is 15.2 Å². The first-order chi connectivity index (χ1) is 13.0. The summed E-state index contributed by atoms with van der Waals surface area (Å²) in [5, 5.41) is 11.1. The number of hydrogen-bond acceptors (Lipinski definition) is 5. The fraction of sp³-hybridized carbons (Fsp3) is 0.0526. The van der Waals surface area contributed by atoms with Crippen LogP contribution in [0.25, 0.3) is 22.0 Å². The van der Waals surface area contributed by atoms with E-state index in [9.17, 15) is 9.59 Å². The fourth-order valence-electron chi connectivity index (χ4n) is 2.77. The third-order valence-electron chi connectivity index (χ3n) is 4.05. The van der Waals surface area contributed by atoms with Crippen LogP contribution in [-0.4, -0.2) is 21.1 Å². The number of H-pyrrole nitrogens is 1. The number of nitrogens with zero attached hydrogens (tertiary/aromatic N) is 2. The largest absolute Gasteiger partial charge is 0.296 e. The van der Waals surface area contributed by atoms with Crippen LogP contribution in [0.1, 0.15) is 15.4 Å². The summed E-state index contributed by atoms with van der Waals surface area (Å²) < 4.78 is 0. The van der Waals surface area contributed by atoms with Crippen LogP contribution in [0.3, 0.4) is 0 Å². The van der Waals surface area contributed by atoms with Crippen molar-refractivity contribution in [3.8, 4) is 11.3 Å². The molecule has 2 heterocycles.